The van der Waals surface area contributed by atoms with Gasteiger partial charge in [-0.15, -0.1) is 0 Å². The van der Waals surface area contributed by atoms with Crippen molar-refractivity contribution in [3.63, 3.8) is 0 Å². The maximum atomic E-state index is 5.81. The minimum atomic E-state index is 0.475. The highest BCUT2D eigenvalue weighted by molar-refractivity contribution is 5.80. The second-order valence-corrected chi connectivity index (χ2v) is 7.74. The standard InChI is InChI=1S/C24H35N5O2/c1-4-13-29-14-11-20(12-15-29)28-24(25-5-2)27-18-19-9-10-23(26-17-19)31-22-8-6-7-21(16-22)30-3/h6-10,16-17,20H,4-5,11-15,18H2,1-3H3,(H2,25,27,28). The van der Waals surface area contributed by atoms with Crippen LogP contribution in [0.1, 0.15) is 38.7 Å². The molecular formula is C24H35N5O2. The Hall–Kier alpha value is -2.80. The molecule has 2 aromatic rings. The van der Waals surface area contributed by atoms with E-state index in [1.165, 1.54) is 13.0 Å². The molecule has 168 valence electrons. The fourth-order valence-corrected chi connectivity index (χ4v) is 3.65. The first-order valence-electron chi connectivity index (χ1n) is 11.2. The number of hydrogen-bond donors (Lipinski definition) is 2. The Morgan fingerprint density at radius 2 is 1.97 bits per heavy atom. The molecule has 2 N–H and O–H groups in total. The van der Waals surface area contributed by atoms with E-state index in [9.17, 15) is 0 Å². The van der Waals surface area contributed by atoms with Crippen molar-refractivity contribution in [3.05, 3.63) is 48.2 Å². The monoisotopic (exact) mass is 425 g/mol. The summed E-state index contributed by atoms with van der Waals surface area (Å²) in [7, 11) is 1.64. The van der Waals surface area contributed by atoms with E-state index >= 15 is 0 Å². The van der Waals surface area contributed by atoms with E-state index < -0.39 is 0 Å². The van der Waals surface area contributed by atoms with Crippen LogP contribution in [0.15, 0.2) is 47.6 Å². The van der Waals surface area contributed by atoms with Crippen LogP contribution in [0.25, 0.3) is 0 Å². The van der Waals surface area contributed by atoms with Gasteiger partial charge in [-0.3, -0.25) is 0 Å². The zero-order valence-electron chi connectivity index (χ0n) is 18.9. The van der Waals surface area contributed by atoms with Gasteiger partial charge < -0.3 is 25.0 Å². The van der Waals surface area contributed by atoms with Crippen molar-refractivity contribution in [2.75, 3.05) is 33.3 Å². The van der Waals surface area contributed by atoms with Crippen molar-refractivity contribution in [2.45, 2.75) is 45.7 Å². The lowest BCUT2D eigenvalue weighted by molar-refractivity contribution is 0.206. The van der Waals surface area contributed by atoms with Crippen molar-refractivity contribution in [3.8, 4) is 17.4 Å². The van der Waals surface area contributed by atoms with Gasteiger partial charge in [0.2, 0.25) is 5.88 Å². The Morgan fingerprint density at radius 3 is 2.65 bits per heavy atom. The van der Waals surface area contributed by atoms with Gasteiger partial charge in [0.1, 0.15) is 11.5 Å². The predicted molar refractivity (Wildman–Crippen MR) is 125 cm³/mol. The number of pyridine rings is 1. The van der Waals surface area contributed by atoms with Crippen LogP contribution < -0.4 is 20.1 Å². The van der Waals surface area contributed by atoms with E-state index in [1.54, 1.807) is 7.11 Å². The number of rotatable bonds is 9. The maximum Gasteiger partial charge on any atom is 0.219 e. The smallest absolute Gasteiger partial charge is 0.219 e. The highest BCUT2D eigenvalue weighted by Crippen LogP contribution is 2.23. The average Bonchev–Trinajstić information content (AvgIpc) is 2.80. The lowest BCUT2D eigenvalue weighted by Gasteiger charge is -2.32. The molecule has 0 spiro atoms. The van der Waals surface area contributed by atoms with Crippen molar-refractivity contribution in [1.29, 1.82) is 0 Å². The van der Waals surface area contributed by atoms with E-state index in [2.05, 4.69) is 34.4 Å². The molecule has 0 atom stereocenters. The molecule has 0 aliphatic carbocycles. The summed E-state index contributed by atoms with van der Waals surface area (Å²) < 4.78 is 11.0. The SMILES string of the molecule is CCCN1CCC(NC(=NCc2ccc(Oc3cccc(OC)c3)nc2)NCC)CC1. The molecule has 0 unspecified atom stereocenters. The molecule has 1 aliphatic heterocycles. The van der Waals surface area contributed by atoms with Crippen LogP contribution in [0.3, 0.4) is 0 Å². The van der Waals surface area contributed by atoms with Crippen molar-refractivity contribution in [1.82, 2.24) is 20.5 Å². The summed E-state index contributed by atoms with van der Waals surface area (Å²) >= 11 is 0. The molecule has 31 heavy (non-hydrogen) atoms. The number of guanidine groups is 1. The van der Waals surface area contributed by atoms with Crippen LogP contribution in [0.2, 0.25) is 0 Å². The molecule has 0 saturated carbocycles. The molecule has 2 heterocycles. The number of ether oxygens (including phenoxy) is 2. The largest absolute Gasteiger partial charge is 0.497 e. The molecule has 1 saturated heterocycles. The topological polar surface area (TPSA) is 71.0 Å². The number of piperidine rings is 1. The number of aromatic nitrogens is 1. The van der Waals surface area contributed by atoms with Crippen LogP contribution in [0, 0.1) is 0 Å². The summed E-state index contributed by atoms with van der Waals surface area (Å²) in [4.78, 5) is 11.7. The molecule has 7 nitrogen and oxygen atoms in total. The van der Waals surface area contributed by atoms with Crippen molar-refractivity contribution in [2.24, 2.45) is 4.99 Å². The van der Waals surface area contributed by atoms with E-state index in [0.29, 0.717) is 24.2 Å². The van der Waals surface area contributed by atoms with E-state index in [-0.39, 0.29) is 0 Å². The lowest BCUT2D eigenvalue weighted by Crippen LogP contribution is -2.48. The van der Waals surface area contributed by atoms with Gasteiger partial charge in [-0.05, 0) is 50.4 Å². The lowest BCUT2D eigenvalue weighted by atomic mass is 10.1. The van der Waals surface area contributed by atoms with E-state index in [1.807, 2.05) is 42.6 Å². The number of benzene rings is 1. The fraction of sp³-hybridized carbons (Fsp3) is 0.500. The summed E-state index contributed by atoms with van der Waals surface area (Å²) in [5.74, 6) is 2.86. The van der Waals surface area contributed by atoms with Crippen LogP contribution in [-0.2, 0) is 6.54 Å². The Labute approximate surface area is 185 Å². The Kier molecular flexibility index (Phi) is 8.97. The molecule has 1 aromatic carbocycles. The average molecular weight is 426 g/mol. The summed E-state index contributed by atoms with van der Waals surface area (Å²) in [5.41, 5.74) is 1.04. The Balaban J connectivity index is 1.53. The van der Waals surface area contributed by atoms with Gasteiger partial charge in [0, 0.05) is 44.0 Å². The zero-order valence-corrected chi connectivity index (χ0v) is 18.9. The Bertz CT molecular complexity index is 817. The summed E-state index contributed by atoms with van der Waals surface area (Å²) in [5, 5.41) is 6.96. The molecule has 3 rings (SSSR count). The third-order valence-electron chi connectivity index (χ3n) is 5.29. The molecule has 0 bridgehead atoms. The predicted octanol–water partition coefficient (Wildman–Crippen LogP) is 3.81. The van der Waals surface area contributed by atoms with Gasteiger partial charge in [-0.25, -0.2) is 9.98 Å². The van der Waals surface area contributed by atoms with Gasteiger partial charge >= 0.3 is 0 Å². The van der Waals surface area contributed by atoms with Gasteiger partial charge in [0.25, 0.3) is 0 Å². The number of nitrogens with zero attached hydrogens (tertiary/aromatic N) is 3. The van der Waals surface area contributed by atoms with Crippen LogP contribution in [0.4, 0.5) is 0 Å². The van der Waals surface area contributed by atoms with Crippen LogP contribution >= 0.6 is 0 Å². The number of methoxy groups -OCH3 is 1. The first-order valence-corrected chi connectivity index (χ1v) is 11.2. The van der Waals surface area contributed by atoms with Crippen molar-refractivity contribution >= 4 is 5.96 Å². The van der Waals surface area contributed by atoms with E-state index in [4.69, 9.17) is 14.5 Å². The minimum absolute atomic E-state index is 0.475. The van der Waals surface area contributed by atoms with Crippen molar-refractivity contribution < 1.29 is 9.47 Å². The normalized spacial score (nSPS) is 15.5. The molecule has 7 heteroatoms. The summed E-state index contributed by atoms with van der Waals surface area (Å²) in [6.07, 6.45) is 5.34. The first-order chi connectivity index (χ1) is 15.2. The highest BCUT2D eigenvalue weighted by atomic mass is 16.5. The number of likely N-dealkylation sites (tertiary alicyclic amines) is 1. The molecule has 1 aromatic heterocycles. The summed E-state index contributed by atoms with van der Waals surface area (Å²) in [6.45, 7) is 9.25. The molecule has 1 fully saturated rings. The minimum Gasteiger partial charge on any atom is -0.497 e. The quantitative estimate of drug-likeness (QED) is 0.470. The fourth-order valence-electron chi connectivity index (χ4n) is 3.65. The number of aliphatic imine (C=N–C) groups is 1. The van der Waals surface area contributed by atoms with Gasteiger partial charge in [0.15, 0.2) is 5.96 Å². The molecule has 1 aliphatic rings. The first kappa shape index (κ1) is 22.9. The number of hydrogen-bond acceptors (Lipinski definition) is 5. The highest BCUT2D eigenvalue weighted by Gasteiger charge is 2.19. The molecule has 0 amide bonds. The Morgan fingerprint density at radius 1 is 1.16 bits per heavy atom. The molecular weight excluding hydrogens is 390 g/mol. The molecule has 0 radical (unpaired) electrons. The zero-order chi connectivity index (χ0) is 21.9. The third kappa shape index (κ3) is 7.43. The summed E-state index contributed by atoms with van der Waals surface area (Å²) in [6, 6.07) is 11.8. The number of nitrogens with one attached hydrogen (secondary N) is 2. The van der Waals surface area contributed by atoms with Crippen LogP contribution in [-0.4, -0.2) is 55.2 Å². The van der Waals surface area contributed by atoms with Gasteiger partial charge in [-0.2, -0.15) is 0 Å². The van der Waals surface area contributed by atoms with E-state index in [0.717, 1.165) is 49.7 Å². The van der Waals surface area contributed by atoms with Gasteiger partial charge in [0.05, 0.1) is 13.7 Å². The second-order valence-electron chi connectivity index (χ2n) is 7.74. The third-order valence-corrected chi connectivity index (χ3v) is 5.29. The van der Waals surface area contributed by atoms with Gasteiger partial charge in [-0.1, -0.05) is 19.1 Å². The van der Waals surface area contributed by atoms with Crippen LogP contribution in [0.5, 0.6) is 17.4 Å². The second kappa shape index (κ2) is 12.2. The maximum absolute atomic E-state index is 5.81.